The number of benzene rings is 1. The zero-order chi connectivity index (χ0) is 16.9. The largest absolute Gasteiger partial charge is 0.494 e. The quantitative estimate of drug-likeness (QED) is 0.907. The Morgan fingerprint density at radius 2 is 2.21 bits per heavy atom. The average molecular weight is 327 g/mol. The van der Waals surface area contributed by atoms with E-state index in [0.717, 1.165) is 17.0 Å². The summed E-state index contributed by atoms with van der Waals surface area (Å²) in [7, 11) is 0. The number of ether oxygens (including phenoxy) is 1. The van der Waals surface area contributed by atoms with Crippen molar-refractivity contribution in [2.45, 2.75) is 32.7 Å². The zero-order valence-corrected chi connectivity index (χ0v) is 13.7. The number of nitrogens with one attached hydrogen (secondary N) is 1. The van der Waals surface area contributed by atoms with E-state index in [1.54, 1.807) is 4.90 Å². The van der Waals surface area contributed by atoms with E-state index >= 15 is 0 Å². The number of nitrogens with zero attached hydrogens (tertiary/aromatic N) is 2. The van der Waals surface area contributed by atoms with E-state index in [1.165, 1.54) is 6.33 Å². The number of hydrogen-bond donors (Lipinski definition) is 1. The molecule has 0 saturated carbocycles. The third-order valence-electron chi connectivity index (χ3n) is 4.24. The molecule has 0 bridgehead atoms. The maximum atomic E-state index is 12.5. The third-order valence-corrected chi connectivity index (χ3v) is 4.24. The van der Waals surface area contributed by atoms with Crippen molar-refractivity contribution in [1.82, 2.24) is 14.9 Å². The van der Waals surface area contributed by atoms with Gasteiger partial charge >= 0.3 is 0 Å². The molecule has 0 saturated heterocycles. The van der Waals surface area contributed by atoms with Crippen molar-refractivity contribution in [2.75, 3.05) is 13.2 Å². The molecule has 6 nitrogen and oxygen atoms in total. The number of amides is 1. The molecule has 1 aliphatic heterocycles. The Balaban J connectivity index is 1.64. The first-order valence-corrected chi connectivity index (χ1v) is 8.23. The van der Waals surface area contributed by atoms with Crippen LogP contribution >= 0.6 is 0 Å². The smallest absolute Gasteiger partial charge is 0.255 e. The van der Waals surface area contributed by atoms with Crippen molar-refractivity contribution in [3.63, 3.8) is 0 Å². The molecule has 6 heteroatoms. The highest BCUT2D eigenvalue weighted by molar-refractivity contribution is 5.76. The van der Waals surface area contributed by atoms with Crippen LogP contribution in [0.25, 0.3) is 0 Å². The molecule has 1 aromatic heterocycles. The molecule has 0 atom stereocenters. The van der Waals surface area contributed by atoms with Gasteiger partial charge in [0.1, 0.15) is 5.75 Å². The first kappa shape index (κ1) is 16.2. The molecule has 0 spiro atoms. The lowest BCUT2D eigenvalue weighted by Crippen LogP contribution is -2.39. The van der Waals surface area contributed by atoms with Crippen LogP contribution in [-0.2, 0) is 24.2 Å². The first-order valence-electron chi connectivity index (χ1n) is 8.23. The molecule has 1 N–H and O–H groups in total. The molecular formula is C18H21N3O3. The number of hydrogen-bond acceptors (Lipinski definition) is 4. The minimum absolute atomic E-state index is 0.0511. The second-order valence-electron chi connectivity index (χ2n) is 5.76. The number of fused-ring (bicyclic) bond motifs is 1. The minimum atomic E-state index is -0.154. The van der Waals surface area contributed by atoms with E-state index in [0.29, 0.717) is 44.5 Å². The van der Waals surface area contributed by atoms with Crippen molar-refractivity contribution in [3.05, 3.63) is 57.8 Å². The van der Waals surface area contributed by atoms with Gasteiger partial charge in [-0.3, -0.25) is 9.59 Å². The van der Waals surface area contributed by atoms with Gasteiger partial charge in [-0.15, -0.1) is 0 Å². The zero-order valence-electron chi connectivity index (χ0n) is 13.7. The molecule has 126 valence electrons. The Morgan fingerprint density at radius 1 is 1.38 bits per heavy atom. The maximum absolute atomic E-state index is 12.5. The molecule has 1 aliphatic rings. The van der Waals surface area contributed by atoms with Crippen LogP contribution in [0, 0.1) is 0 Å². The van der Waals surface area contributed by atoms with Gasteiger partial charge in [0.25, 0.3) is 5.56 Å². The summed E-state index contributed by atoms with van der Waals surface area (Å²) in [6.07, 6.45) is 3.07. The highest BCUT2D eigenvalue weighted by Crippen LogP contribution is 2.21. The number of aryl methyl sites for hydroxylation is 1. The van der Waals surface area contributed by atoms with Crippen LogP contribution in [0.3, 0.4) is 0 Å². The normalized spacial score (nSPS) is 13.5. The van der Waals surface area contributed by atoms with Crippen LogP contribution in [0.5, 0.6) is 5.75 Å². The Bertz CT molecular complexity index is 785. The lowest BCUT2D eigenvalue weighted by molar-refractivity contribution is -0.132. The van der Waals surface area contributed by atoms with Gasteiger partial charge in [0.15, 0.2) is 0 Å². The van der Waals surface area contributed by atoms with Crippen LogP contribution in [0.2, 0.25) is 0 Å². The van der Waals surface area contributed by atoms with Crippen molar-refractivity contribution in [3.8, 4) is 5.75 Å². The predicted octanol–water partition coefficient (Wildman–Crippen LogP) is 1.69. The topological polar surface area (TPSA) is 75.3 Å². The van der Waals surface area contributed by atoms with Gasteiger partial charge in [0.05, 0.1) is 30.7 Å². The molecule has 2 aromatic rings. The summed E-state index contributed by atoms with van der Waals surface area (Å²) in [5, 5.41) is 0. The summed E-state index contributed by atoms with van der Waals surface area (Å²) in [5.74, 6) is 0.882. The Hall–Kier alpha value is -2.63. The van der Waals surface area contributed by atoms with Gasteiger partial charge < -0.3 is 14.6 Å². The van der Waals surface area contributed by atoms with Crippen molar-refractivity contribution in [1.29, 1.82) is 0 Å². The van der Waals surface area contributed by atoms with Crippen molar-refractivity contribution < 1.29 is 9.53 Å². The van der Waals surface area contributed by atoms with E-state index < -0.39 is 0 Å². The van der Waals surface area contributed by atoms with E-state index in [-0.39, 0.29) is 11.5 Å². The number of aromatic amines is 1. The summed E-state index contributed by atoms with van der Waals surface area (Å²) < 4.78 is 5.60. The molecular weight excluding hydrogens is 306 g/mol. The van der Waals surface area contributed by atoms with Crippen LogP contribution in [-0.4, -0.2) is 33.9 Å². The molecule has 24 heavy (non-hydrogen) atoms. The number of aromatic nitrogens is 2. The molecule has 0 fully saturated rings. The number of carbonyl (C=O) groups excluding carboxylic acids is 1. The van der Waals surface area contributed by atoms with E-state index in [1.807, 2.05) is 31.2 Å². The van der Waals surface area contributed by atoms with Gasteiger partial charge in [-0.25, -0.2) is 4.98 Å². The van der Waals surface area contributed by atoms with E-state index in [4.69, 9.17) is 4.74 Å². The number of carbonyl (C=O) groups is 1. The lowest BCUT2D eigenvalue weighted by atomic mass is 10.0. The molecule has 1 amide bonds. The maximum Gasteiger partial charge on any atom is 0.255 e. The van der Waals surface area contributed by atoms with Crippen LogP contribution in [0.4, 0.5) is 0 Å². The number of para-hydroxylation sites is 1. The van der Waals surface area contributed by atoms with Crippen LogP contribution < -0.4 is 10.3 Å². The fourth-order valence-corrected chi connectivity index (χ4v) is 2.97. The standard InChI is InChI=1S/C18H21N3O3/c1-2-24-16-6-4-3-5-13(16)7-8-17(22)21-10-9-15-14(11-21)18(23)20-12-19-15/h3-6,12H,2,7-11H2,1H3,(H,19,20,23). The van der Waals surface area contributed by atoms with Gasteiger partial charge in [0.2, 0.25) is 5.91 Å². The summed E-state index contributed by atoms with van der Waals surface area (Å²) in [5.41, 5.74) is 2.28. The van der Waals surface area contributed by atoms with E-state index in [9.17, 15) is 9.59 Å². The minimum Gasteiger partial charge on any atom is -0.494 e. The summed E-state index contributed by atoms with van der Waals surface area (Å²) in [6.45, 7) is 3.49. The van der Waals surface area contributed by atoms with Gasteiger partial charge in [-0.05, 0) is 25.0 Å². The Morgan fingerprint density at radius 3 is 3.04 bits per heavy atom. The molecule has 0 unspecified atom stereocenters. The average Bonchev–Trinajstić information content (AvgIpc) is 2.61. The fraction of sp³-hybridized carbons (Fsp3) is 0.389. The first-order chi connectivity index (χ1) is 11.7. The molecule has 0 aliphatic carbocycles. The molecule has 3 rings (SSSR count). The van der Waals surface area contributed by atoms with Crippen molar-refractivity contribution >= 4 is 5.91 Å². The third kappa shape index (κ3) is 3.48. The lowest BCUT2D eigenvalue weighted by Gasteiger charge is -2.27. The predicted molar refractivity (Wildman–Crippen MR) is 89.9 cm³/mol. The Labute approximate surface area is 140 Å². The molecule has 0 radical (unpaired) electrons. The second-order valence-corrected chi connectivity index (χ2v) is 5.76. The van der Waals surface area contributed by atoms with Gasteiger partial charge in [0, 0.05) is 19.4 Å². The Kier molecular flexibility index (Phi) is 4.93. The molecule has 1 aromatic carbocycles. The number of H-pyrrole nitrogens is 1. The highest BCUT2D eigenvalue weighted by Gasteiger charge is 2.23. The fourth-order valence-electron chi connectivity index (χ4n) is 2.97. The summed E-state index contributed by atoms with van der Waals surface area (Å²) >= 11 is 0. The molecule has 2 heterocycles. The van der Waals surface area contributed by atoms with Crippen LogP contribution in [0.1, 0.15) is 30.2 Å². The SMILES string of the molecule is CCOc1ccccc1CCC(=O)N1CCc2nc[nH]c(=O)c2C1. The monoisotopic (exact) mass is 327 g/mol. The van der Waals surface area contributed by atoms with Gasteiger partial charge in [-0.1, -0.05) is 18.2 Å². The summed E-state index contributed by atoms with van der Waals surface area (Å²) in [6, 6.07) is 7.78. The number of rotatable bonds is 5. The second kappa shape index (κ2) is 7.29. The van der Waals surface area contributed by atoms with E-state index in [2.05, 4.69) is 9.97 Å². The summed E-state index contributed by atoms with van der Waals surface area (Å²) in [4.78, 5) is 32.9. The van der Waals surface area contributed by atoms with Gasteiger partial charge in [-0.2, -0.15) is 0 Å². The highest BCUT2D eigenvalue weighted by atomic mass is 16.5. The van der Waals surface area contributed by atoms with Crippen molar-refractivity contribution in [2.24, 2.45) is 0 Å². The van der Waals surface area contributed by atoms with Crippen LogP contribution in [0.15, 0.2) is 35.4 Å².